The highest BCUT2D eigenvalue weighted by molar-refractivity contribution is 6.12. The van der Waals surface area contributed by atoms with Gasteiger partial charge in [-0.1, -0.05) is 38.1 Å². The molecule has 29 heavy (non-hydrogen) atoms. The first-order valence-corrected chi connectivity index (χ1v) is 10.4. The number of carbonyl (C=O) groups excluding carboxylic acids is 2. The summed E-state index contributed by atoms with van der Waals surface area (Å²) in [7, 11) is 0. The number of fused-ring (bicyclic) bond motifs is 1. The van der Waals surface area contributed by atoms with Gasteiger partial charge in [0.2, 0.25) is 0 Å². The molecule has 1 fully saturated rings. The molecule has 3 rings (SSSR count). The van der Waals surface area contributed by atoms with E-state index in [-0.39, 0.29) is 23.7 Å². The molecule has 2 aliphatic rings. The smallest absolute Gasteiger partial charge is 0.336 e. The summed E-state index contributed by atoms with van der Waals surface area (Å²) in [5, 5.41) is 0. The molecule has 0 saturated heterocycles. The summed E-state index contributed by atoms with van der Waals surface area (Å²) in [6.45, 7) is 11.1. The van der Waals surface area contributed by atoms with Crippen molar-refractivity contribution < 1.29 is 19.1 Å². The number of benzene rings is 1. The molecule has 0 aromatic heterocycles. The third-order valence-corrected chi connectivity index (χ3v) is 5.77. The predicted molar refractivity (Wildman–Crippen MR) is 113 cm³/mol. The third-order valence-electron chi connectivity index (χ3n) is 5.77. The molecule has 2 atom stereocenters. The van der Waals surface area contributed by atoms with Crippen molar-refractivity contribution in [1.82, 2.24) is 0 Å². The van der Waals surface area contributed by atoms with Crippen molar-refractivity contribution in [3.05, 3.63) is 46.7 Å². The summed E-state index contributed by atoms with van der Waals surface area (Å²) in [4.78, 5) is 31.0. The second-order valence-electron chi connectivity index (χ2n) is 8.73. The lowest BCUT2D eigenvalue weighted by molar-refractivity contribution is -0.141. The summed E-state index contributed by atoms with van der Waals surface area (Å²) in [5.41, 5.74) is 3.98. The minimum absolute atomic E-state index is 0.113. The average Bonchev–Trinajstić information content (AvgIpc) is 2.63. The van der Waals surface area contributed by atoms with Crippen LogP contribution in [-0.2, 0) is 19.1 Å². The molecular formula is C24H31NO4. The molecule has 0 N–H and O–H groups in total. The quantitative estimate of drug-likeness (QED) is 0.527. The van der Waals surface area contributed by atoms with Gasteiger partial charge < -0.3 is 9.47 Å². The van der Waals surface area contributed by atoms with Gasteiger partial charge in [-0.25, -0.2) is 4.79 Å². The van der Waals surface area contributed by atoms with Crippen molar-refractivity contribution in [2.45, 2.75) is 53.4 Å². The lowest BCUT2D eigenvalue weighted by atomic mass is 9.63. The van der Waals surface area contributed by atoms with Crippen LogP contribution in [-0.4, -0.2) is 37.3 Å². The summed E-state index contributed by atoms with van der Waals surface area (Å²) in [5.74, 6) is -1.01. The molecule has 0 spiro atoms. The Labute approximate surface area is 173 Å². The minimum atomic E-state index is -0.407. The number of aliphatic imine (C=N–C) groups is 1. The highest BCUT2D eigenvalue weighted by atomic mass is 16.6. The van der Waals surface area contributed by atoms with Crippen molar-refractivity contribution in [1.29, 1.82) is 0 Å². The fourth-order valence-electron chi connectivity index (χ4n) is 4.55. The van der Waals surface area contributed by atoms with E-state index >= 15 is 0 Å². The van der Waals surface area contributed by atoms with Gasteiger partial charge in [-0.3, -0.25) is 9.79 Å². The van der Waals surface area contributed by atoms with Gasteiger partial charge >= 0.3 is 5.97 Å². The fraction of sp³-hybridized carbons (Fsp3) is 0.542. The lowest BCUT2D eigenvalue weighted by Crippen LogP contribution is -2.44. The highest BCUT2D eigenvalue weighted by Crippen LogP contribution is 2.47. The molecule has 0 bridgehead atoms. The number of aryl methyl sites for hydroxylation is 1. The summed E-state index contributed by atoms with van der Waals surface area (Å²) in [6, 6.07) is 7.96. The number of rotatable bonds is 6. The molecule has 1 aliphatic heterocycles. The summed E-state index contributed by atoms with van der Waals surface area (Å²) in [6.07, 6.45) is 1.25. The SMILES string of the molecule is CCOCCOC(=O)C1=C(C)N=C2CC(C)(C)CC(=O)[C@@H]2[C@@H]1c1ccccc1C. The van der Waals surface area contributed by atoms with Crippen LogP contribution >= 0.6 is 0 Å². The van der Waals surface area contributed by atoms with Crippen LogP contribution in [0.25, 0.3) is 0 Å². The summed E-state index contributed by atoms with van der Waals surface area (Å²) < 4.78 is 10.8. The Morgan fingerprint density at radius 2 is 1.86 bits per heavy atom. The molecule has 156 valence electrons. The van der Waals surface area contributed by atoms with E-state index in [4.69, 9.17) is 14.5 Å². The van der Waals surface area contributed by atoms with Crippen molar-refractivity contribution in [2.24, 2.45) is 16.3 Å². The fourth-order valence-corrected chi connectivity index (χ4v) is 4.55. The van der Waals surface area contributed by atoms with E-state index in [1.807, 2.05) is 45.0 Å². The third kappa shape index (κ3) is 4.50. The van der Waals surface area contributed by atoms with Gasteiger partial charge in [-0.15, -0.1) is 0 Å². The number of hydrogen-bond donors (Lipinski definition) is 0. The van der Waals surface area contributed by atoms with Crippen LogP contribution in [0, 0.1) is 18.3 Å². The Morgan fingerprint density at radius 1 is 1.14 bits per heavy atom. The van der Waals surface area contributed by atoms with Crippen LogP contribution in [0.2, 0.25) is 0 Å². The van der Waals surface area contributed by atoms with E-state index in [2.05, 4.69) is 13.8 Å². The first-order chi connectivity index (χ1) is 13.7. The largest absolute Gasteiger partial charge is 0.460 e. The van der Waals surface area contributed by atoms with Crippen LogP contribution in [0.4, 0.5) is 0 Å². The number of allylic oxidation sites excluding steroid dienone is 1. The van der Waals surface area contributed by atoms with E-state index in [9.17, 15) is 9.59 Å². The van der Waals surface area contributed by atoms with Crippen molar-refractivity contribution in [2.75, 3.05) is 19.8 Å². The maximum absolute atomic E-state index is 13.2. The van der Waals surface area contributed by atoms with Gasteiger partial charge in [0.1, 0.15) is 12.4 Å². The molecule has 5 heteroatoms. The Balaban J connectivity index is 2.05. The topological polar surface area (TPSA) is 65.0 Å². The van der Waals surface area contributed by atoms with Crippen molar-refractivity contribution in [3.8, 4) is 0 Å². The van der Waals surface area contributed by atoms with Gasteiger partial charge in [0, 0.05) is 30.4 Å². The number of carbonyl (C=O) groups is 2. The molecular weight excluding hydrogens is 366 g/mol. The molecule has 5 nitrogen and oxygen atoms in total. The first kappa shape index (κ1) is 21.4. The van der Waals surface area contributed by atoms with Gasteiger partial charge in [0.15, 0.2) is 0 Å². The molecule has 0 amide bonds. The Morgan fingerprint density at radius 3 is 2.55 bits per heavy atom. The summed E-state index contributed by atoms with van der Waals surface area (Å²) >= 11 is 0. The monoisotopic (exact) mass is 397 g/mol. The first-order valence-electron chi connectivity index (χ1n) is 10.4. The highest BCUT2D eigenvalue weighted by Gasteiger charge is 2.47. The molecule has 1 saturated carbocycles. The van der Waals surface area contributed by atoms with Gasteiger partial charge in [0.25, 0.3) is 0 Å². The molecule has 1 heterocycles. The zero-order valence-corrected chi connectivity index (χ0v) is 18.1. The minimum Gasteiger partial charge on any atom is -0.460 e. The molecule has 1 aromatic carbocycles. The average molecular weight is 398 g/mol. The number of nitrogens with zero attached hydrogens (tertiary/aromatic N) is 1. The lowest BCUT2D eigenvalue weighted by Gasteiger charge is -2.41. The number of Topliss-reactive ketones (excluding diaryl/α,β-unsaturated/α-hetero) is 1. The standard InChI is InChI=1S/C24H31NO4/c1-6-28-11-12-29-23(27)20-16(3)25-18-13-24(4,5)14-19(26)22(18)21(20)17-10-8-7-9-15(17)2/h7-10,21-22H,6,11-14H2,1-5H3/t21-,22-/m1/s1. The van der Waals surface area contributed by atoms with Crippen molar-refractivity contribution >= 4 is 17.5 Å². The number of esters is 1. The Bertz CT molecular complexity index is 865. The van der Waals surface area contributed by atoms with Crippen LogP contribution < -0.4 is 0 Å². The molecule has 1 aliphatic carbocycles. The van der Waals surface area contributed by atoms with E-state index in [0.29, 0.717) is 30.9 Å². The van der Waals surface area contributed by atoms with Gasteiger partial charge in [-0.05, 0) is 43.7 Å². The van der Waals surface area contributed by atoms with Crippen LogP contribution in [0.15, 0.2) is 40.5 Å². The van der Waals surface area contributed by atoms with Crippen LogP contribution in [0.5, 0.6) is 0 Å². The molecule has 0 unspecified atom stereocenters. The maximum atomic E-state index is 13.2. The van der Waals surface area contributed by atoms with E-state index < -0.39 is 11.9 Å². The maximum Gasteiger partial charge on any atom is 0.336 e. The van der Waals surface area contributed by atoms with Crippen LogP contribution in [0.1, 0.15) is 57.6 Å². The van der Waals surface area contributed by atoms with E-state index in [1.165, 1.54) is 0 Å². The van der Waals surface area contributed by atoms with Crippen molar-refractivity contribution in [3.63, 3.8) is 0 Å². The zero-order valence-electron chi connectivity index (χ0n) is 18.1. The predicted octanol–water partition coefficient (Wildman–Crippen LogP) is 4.39. The Kier molecular flexibility index (Phi) is 6.37. The molecule has 0 radical (unpaired) electrons. The second kappa shape index (κ2) is 8.62. The Hall–Kier alpha value is -2.27. The van der Waals surface area contributed by atoms with E-state index in [1.54, 1.807) is 0 Å². The van der Waals surface area contributed by atoms with Crippen LogP contribution in [0.3, 0.4) is 0 Å². The zero-order chi connectivity index (χ0) is 21.2. The normalized spacial score (nSPS) is 23.5. The molecule has 1 aromatic rings. The van der Waals surface area contributed by atoms with Gasteiger partial charge in [-0.2, -0.15) is 0 Å². The number of ether oxygens (including phenoxy) is 2. The number of hydrogen-bond acceptors (Lipinski definition) is 5. The van der Waals surface area contributed by atoms with Gasteiger partial charge in [0.05, 0.1) is 18.1 Å². The number of ketones is 1. The van der Waals surface area contributed by atoms with E-state index in [0.717, 1.165) is 23.3 Å². The second-order valence-corrected chi connectivity index (χ2v) is 8.73.